The number of amides is 2. The maximum atomic E-state index is 13.0. The van der Waals surface area contributed by atoms with E-state index < -0.39 is 0 Å². The Kier molecular flexibility index (Phi) is 5.83. The van der Waals surface area contributed by atoms with E-state index in [0.29, 0.717) is 49.0 Å². The minimum atomic E-state index is -0.149. The van der Waals surface area contributed by atoms with Gasteiger partial charge in [-0.25, -0.2) is 0 Å². The van der Waals surface area contributed by atoms with Gasteiger partial charge in [-0.3, -0.25) is 14.7 Å². The molecular formula is C22H28N4O3. The Bertz CT molecular complexity index is 886. The fourth-order valence-electron chi connectivity index (χ4n) is 4.31. The van der Waals surface area contributed by atoms with Gasteiger partial charge in [-0.2, -0.15) is 5.10 Å². The number of fused-ring (bicyclic) bond motifs is 1. The van der Waals surface area contributed by atoms with Gasteiger partial charge in [0, 0.05) is 36.3 Å². The van der Waals surface area contributed by atoms with Crippen LogP contribution in [-0.4, -0.2) is 47.1 Å². The molecule has 1 aliphatic heterocycles. The molecular weight excluding hydrogens is 368 g/mol. The molecule has 2 aliphatic rings. The van der Waals surface area contributed by atoms with Crippen LogP contribution in [0.25, 0.3) is 0 Å². The molecule has 4 rings (SSSR count). The van der Waals surface area contributed by atoms with Crippen LogP contribution in [-0.2, 0) is 13.0 Å². The number of aromatic amines is 1. The molecule has 0 radical (unpaired) electrons. The summed E-state index contributed by atoms with van der Waals surface area (Å²) in [5.74, 6) is 1.00. The highest BCUT2D eigenvalue weighted by atomic mass is 16.5. The topological polar surface area (TPSA) is 87.3 Å². The fraction of sp³-hybridized carbons (Fsp3) is 0.500. The highest BCUT2D eigenvalue weighted by molar-refractivity contribution is 5.96. The number of H-pyrrole nitrogens is 1. The highest BCUT2D eigenvalue weighted by Gasteiger charge is 2.28. The van der Waals surface area contributed by atoms with E-state index in [-0.39, 0.29) is 11.8 Å². The average Bonchev–Trinajstić information content (AvgIpc) is 3.21. The number of carbonyl (C=O) groups excluding carboxylic acids is 2. The zero-order valence-electron chi connectivity index (χ0n) is 16.9. The van der Waals surface area contributed by atoms with Crippen LogP contribution < -0.4 is 10.1 Å². The maximum Gasteiger partial charge on any atom is 0.272 e. The SMILES string of the molecule is COc1cccc(C(=O)N2CCc3[nH]nc(C(=O)NCC4CCCCC4)c3C2)c1. The zero-order chi connectivity index (χ0) is 20.2. The Morgan fingerprint density at radius 2 is 2.10 bits per heavy atom. The van der Waals surface area contributed by atoms with Crippen molar-refractivity contribution in [3.05, 3.63) is 46.8 Å². The lowest BCUT2D eigenvalue weighted by atomic mass is 9.89. The first kappa shape index (κ1) is 19.5. The van der Waals surface area contributed by atoms with E-state index in [1.54, 1.807) is 24.1 Å². The van der Waals surface area contributed by atoms with Crippen LogP contribution in [0.1, 0.15) is 64.2 Å². The second-order valence-corrected chi connectivity index (χ2v) is 7.95. The predicted molar refractivity (Wildman–Crippen MR) is 109 cm³/mol. The monoisotopic (exact) mass is 396 g/mol. The molecule has 0 saturated heterocycles. The number of ether oxygens (including phenoxy) is 1. The van der Waals surface area contributed by atoms with Crippen molar-refractivity contribution in [3.63, 3.8) is 0 Å². The number of hydrogen-bond donors (Lipinski definition) is 2. The number of rotatable bonds is 5. The van der Waals surface area contributed by atoms with Gasteiger partial charge in [0.05, 0.1) is 13.7 Å². The Balaban J connectivity index is 1.44. The van der Waals surface area contributed by atoms with Crippen LogP contribution in [0.5, 0.6) is 5.75 Å². The summed E-state index contributed by atoms with van der Waals surface area (Å²) in [6, 6.07) is 7.15. The van der Waals surface area contributed by atoms with Crippen molar-refractivity contribution in [1.29, 1.82) is 0 Å². The summed E-state index contributed by atoms with van der Waals surface area (Å²) >= 11 is 0. The first-order valence-electron chi connectivity index (χ1n) is 10.4. The lowest BCUT2D eigenvalue weighted by Crippen LogP contribution is -2.37. The van der Waals surface area contributed by atoms with Crippen LogP contribution in [0.2, 0.25) is 0 Å². The lowest BCUT2D eigenvalue weighted by molar-refractivity contribution is 0.0730. The first-order chi connectivity index (χ1) is 14.2. The number of nitrogens with zero attached hydrogens (tertiary/aromatic N) is 2. The predicted octanol–water partition coefficient (Wildman–Crippen LogP) is 2.93. The van der Waals surface area contributed by atoms with Crippen molar-refractivity contribution in [2.24, 2.45) is 5.92 Å². The van der Waals surface area contributed by atoms with E-state index in [1.807, 2.05) is 12.1 Å². The molecule has 154 valence electrons. The summed E-state index contributed by atoms with van der Waals surface area (Å²) in [6.45, 7) is 1.68. The molecule has 29 heavy (non-hydrogen) atoms. The normalized spacial score (nSPS) is 16.9. The molecule has 2 amide bonds. The molecule has 7 heteroatoms. The molecule has 0 unspecified atom stereocenters. The van der Waals surface area contributed by atoms with E-state index in [0.717, 1.165) is 11.3 Å². The molecule has 0 spiro atoms. The third kappa shape index (κ3) is 4.28. The van der Waals surface area contributed by atoms with Gasteiger partial charge in [0.2, 0.25) is 0 Å². The van der Waals surface area contributed by atoms with Gasteiger partial charge in [0.15, 0.2) is 5.69 Å². The smallest absolute Gasteiger partial charge is 0.272 e. The second-order valence-electron chi connectivity index (χ2n) is 7.95. The van der Waals surface area contributed by atoms with E-state index in [4.69, 9.17) is 4.74 Å². The van der Waals surface area contributed by atoms with Crippen LogP contribution in [0, 0.1) is 5.92 Å². The third-order valence-corrected chi connectivity index (χ3v) is 6.03. The number of nitrogens with one attached hydrogen (secondary N) is 2. The van der Waals surface area contributed by atoms with E-state index >= 15 is 0 Å². The van der Waals surface area contributed by atoms with Crippen molar-refractivity contribution >= 4 is 11.8 Å². The summed E-state index contributed by atoms with van der Waals surface area (Å²) in [5, 5.41) is 10.3. The summed E-state index contributed by atoms with van der Waals surface area (Å²) in [6.07, 6.45) is 6.82. The third-order valence-electron chi connectivity index (χ3n) is 6.03. The standard InChI is InChI=1S/C22H28N4O3/c1-29-17-9-5-8-16(12-17)22(28)26-11-10-19-18(14-26)20(25-24-19)21(27)23-13-15-6-3-2-4-7-15/h5,8-9,12,15H,2-4,6-7,10-11,13-14H2,1H3,(H,23,27)(H,24,25). The number of hydrogen-bond acceptors (Lipinski definition) is 4. The largest absolute Gasteiger partial charge is 0.497 e. The van der Waals surface area contributed by atoms with Gasteiger partial charge in [0.1, 0.15) is 5.75 Å². The highest BCUT2D eigenvalue weighted by Crippen LogP contribution is 2.25. The molecule has 7 nitrogen and oxygen atoms in total. The van der Waals surface area contributed by atoms with Crippen LogP contribution >= 0.6 is 0 Å². The Labute approximate surface area is 170 Å². The zero-order valence-corrected chi connectivity index (χ0v) is 16.9. The molecule has 2 aromatic rings. The molecule has 2 N–H and O–H groups in total. The Morgan fingerprint density at radius 1 is 1.28 bits per heavy atom. The summed E-state index contributed by atoms with van der Waals surface area (Å²) in [7, 11) is 1.58. The molecule has 1 aromatic carbocycles. The van der Waals surface area contributed by atoms with Crippen molar-refractivity contribution in [2.75, 3.05) is 20.2 Å². The van der Waals surface area contributed by atoms with Gasteiger partial charge in [0.25, 0.3) is 11.8 Å². The number of aromatic nitrogens is 2. The first-order valence-corrected chi connectivity index (χ1v) is 10.4. The van der Waals surface area contributed by atoms with E-state index in [2.05, 4.69) is 15.5 Å². The molecule has 1 aromatic heterocycles. The minimum absolute atomic E-state index is 0.0655. The average molecular weight is 396 g/mol. The maximum absolute atomic E-state index is 13.0. The van der Waals surface area contributed by atoms with E-state index in [1.165, 1.54) is 32.1 Å². The molecule has 2 heterocycles. The molecule has 1 fully saturated rings. The summed E-state index contributed by atoms with van der Waals surface area (Å²) in [5.41, 5.74) is 2.77. The van der Waals surface area contributed by atoms with Crippen molar-refractivity contribution in [2.45, 2.75) is 45.1 Å². The second kappa shape index (κ2) is 8.68. The summed E-state index contributed by atoms with van der Waals surface area (Å²) in [4.78, 5) is 27.5. The van der Waals surface area contributed by atoms with Gasteiger partial charge < -0.3 is 15.0 Å². The lowest BCUT2D eigenvalue weighted by Gasteiger charge is -2.27. The van der Waals surface area contributed by atoms with Crippen molar-refractivity contribution in [3.8, 4) is 5.75 Å². The van der Waals surface area contributed by atoms with Crippen molar-refractivity contribution in [1.82, 2.24) is 20.4 Å². The van der Waals surface area contributed by atoms with Crippen LogP contribution in [0.3, 0.4) is 0 Å². The Hall–Kier alpha value is -2.83. The molecule has 0 atom stereocenters. The van der Waals surface area contributed by atoms with Crippen molar-refractivity contribution < 1.29 is 14.3 Å². The van der Waals surface area contributed by atoms with Gasteiger partial charge in [-0.05, 0) is 37.0 Å². The van der Waals surface area contributed by atoms with Crippen LogP contribution in [0.4, 0.5) is 0 Å². The van der Waals surface area contributed by atoms with Crippen LogP contribution in [0.15, 0.2) is 24.3 Å². The molecule has 1 saturated carbocycles. The number of methoxy groups -OCH3 is 1. The molecule has 1 aliphatic carbocycles. The quantitative estimate of drug-likeness (QED) is 0.813. The molecule has 0 bridgehead atoms. The van der Waals surface area contributed by atoms with Gasteiger partial charge in [-0.1, -0.05) is 25.3 Å². The van der Waals surface area contributed by atoms with Gasteiger partial charge >= 0.3 is 0 Å². The van der Waals surface area contributed by atoms with E-state index in [9.17, 15) is 9.59 Å². The summed E-state index contributed by atoms with van der Waals surface area (Å²) < 4.78 is 5.22. The van der Waals surface area contributed by atoms with Gasteiger partial charge in [-0.15, -0.1) is 0 Å². The minimum Gasteiger partial charge on any atom is -0.497 e. The fourth-order valence-corrected chi connectivity index (χ4v) is 4.31. The number of carbonyl (C=O) groups is 2. The Morgan fingerprint density at radius 3 is 2.90 bits per heavy atom. The number of benzene rings is 1.